The molecule has 8 heteroatoms. The lowest BCUT2D eigenvalue weighted by atomic mass is 10.0. The summed E-state index contributed by atoms with van der Waals surface area (Å²) in [6.45, 7) is 9.30. The molecule has 1 aromatic carbocycles. The highest BCUT2D eigenvalue weighted by molar-refractivity contribution is 5.76. The largest absolute Gasteiger partial charge is 0.454 e. The first-order valence-corrected chi connectivity index (χ1v) is 10.9. The van der Waals surface area contributed by atoms with Crippen molar-refractivity contribution in [1.82, 2.24) is 14.9 Å². The van der Waals surface area contributed by atoms with Crippen molar-refractivity contribution in [2.75, 3.05) is 61.6 Å². The second-order valence-corrected chi connectivity index (χ2v) is 8.58. The third kappa shape index (κ3) is 3.84. The number of piperazine rings is 1. The summed E-state index contributed by atoms with van der Waals surface area (Å²) in [7, 11) is 0. The summed E-state index contributed by atoms with van der Waals surface area (Å²) in [5, 5.41) is 0. The van der Waals surface area contributed by atoms with Gasteiger partial charge in [0, 0.05) is 45.8 Å². The number of fused-ring (bicyclic) bond motifs is 1. The van der Waals surface area contributed by atoms with E-state index in [0.29, 0.717) is 12.7 Å². The van der Waals surface area contributed by atoms with E-state index in [-0.39, 0.29) is 0 Å². The SMILES string of the molecule is CC1CCCN(c2ncnc(N3CCN(Cc4ccc5c(c4)OCO5)CC3)c2N)C1. The third-order valence-electron chi connectivity index (χ3n) is 6.31. The minimum absolute atomic E-state index is 0.316. The molecule has 2 aromatic rings. The Morgan fingerprint density at radius 2 is 1.77 bits per heavy atom. The van der Waals surface area contributed by atoms with Gasteiger partial charge in [-0.2, -0.15) is 0 Å². The molecule has 1 unspecified atom stereocenters. The molecule has 0 bridgehead atoms. The molecule has 3 aliphatic heterocycles. The second kappa shape index (κ2) is 8.18. The van der Waals surface area contributed by atoms with Crippen LogP contribution >= 0.6 is 0 Å². The van der Waals surface area contributed by atoms with Gasteiger partial charge in [0.15, 0.2) is 23.1 Å². The lowest BCUT2D eigenvalue weighted by Crippen LogP contribution is -2.46. The first kappa shape index (κ1) is 19.2. The Morgan fingerprint density at radius 3 is 2.57 bits per heavy atom. The summed E-state index contributed by atoms with van der Waals surface area (Å²) in [6, 6.07) is 6.20. The monoisotopic (exact) mass is 410 g/mol. The molecule has 2 fully saturated rings. The molecule has 2 saturated heterocycles. The molecule has 160 valence electrons. The Bertz CT molecular complexity index is 899. The van der Waals surface area contributed by atoms with Crippen molar-refractivity contribution in [3.63, 3.8) is 0 Å². The number of piperidine rings is 1. The van der Waals surface area contributed by atoms with E-state index in [1.165, 1.54) is 18.4 Å². The van der Waals surface area contributed by atoms with Crippen molar-refractivity contribution >= 4 is 17.3 Å². The van der Waals surface area contributed by atoms with E-state index in [4.69, 9.17) is 15.2 Å². The summed E-state index contributed by atoms with van der Waals surface area (Å²) in [4.78, 5) is 16.1. The topological polar surface area (TPSA) is 80.0 Å². The molecule has 3 aliphatic rings. The zero-order chi connectivity index (χ0) is 20.5. The van der Waals surface area contributed by atoms with E-state index in [1.807, 2.05) is 6.07 Å². The van der Waals surface area contributed by atoms with Gasteiger partial charge in [0.05, 0.1) is 0 Å². The molecular formula is C22H30N6O2. The highest BCUT2D eigenvalue weighted by Crippen LogP contribution is 2.34. The summed E-state index contributed by atoms with van der Waals surface area (Å²) in [5.41, 5.74) is 8.52. The van der Waals surface area contributed by atoms with Crippen LogP contribution in [0.25, 0.3) is 0 Å². The van der Waals surface area contributed by atoms with E-state index in [9.17, 15) is 0 Å². The average molecular weight is 411 g/mol. The highest BCUT2D eigenvalue weighted by Gasteiger charge is 2.25. The number of benzene rings is 1. The molecule has 0 radical (unpaired) electrons. The molecule has 0 aliphatic carbocycles. The Morgan fingerprint density at radius 1 is 1.00 bits per heavy atom. The maximum Gasteiger partial charge on any atom is 0.231 e. The van der Waals surface area contributed by atoms with E-state index >= 15 is 0 Å². The van der Waals surface area contributed by atoms with E-state index in [1.54, 1.807) is 6.33 Å². The first-order chi connectivity index (χ1) is 14.7. The van der Waals surface area contributed by atoms with Crippen LogP contribution in [0.2, 0.25) is 0 Å². The number of hydrogen-bond donors (Lipinski definition) is 1. The normalized spacial score (nSPS) is 21.8. The maximum absolute atomic E-state index is 6.55. The standard InChI is InChI=1S/C22H30N6O2/c1-16-3-2-6-28(12-16)22-20(23)21(24-14-25-22)27-9-7-26(8-10-27)13-17-4-5-18-19(11-17)30-15-29-18/h4-5,11,14,16H,2-3,6-10,12-13,15,23H2,1H3. The zero-order valence-corrected chi connectivity index (χ0v) is 17.6. The maximum atomic E-state index is 6.55. The summed E-state index contributed by atoms with van der Waals surface area (Å²) in [6.07, 6.45) is 4.14. The van der Waals surface area contributed by atoms with Gasteiger partial charge >= 0.3 is 0 Å². The van der Waals surface area contributed by atoms with Crippen LogP contribution in [-0.4, -0.2) is 60.9 Å². The van der Waals surface area contributed by atoms with Crippen molar-refractivity contribution in [2.45, 2.75) is 26.3 Å². The summed E-state index contributed by atoms with van der Waals surface area (Å²) in [5.74, 6) is 4.13. The van der Waals surface area contributed by atoms with Crippen LogP contribution in [0.4, 0.5) is 17.3 Å². The highest BCUT2D eigenvalue weighted by atomic mass is 16.7. The lowest BCUT2D eigenvalue weighted by Gasteiger charge is -2.37. The number of nitrogen functional groups attached to an aromatic ring is 1. The minimum atomic E-state index is 0.316. The van der Waals surface area contributed by atoms with Crippen molar-refractivity contribution < 1.29 is 9.47 Å². The number of rotatable bonds is 4. The van der Waals surface area contributed by atoms with Crippen LogP contribution in [0.1, 0.15) is 25.3 Å². The fourth-order valence-corrected chi connectivity index (χ4v) is 4.68. The Kier molecular flexibility index (Phi) is 5.25. The van der Waals surface area contributed by atoms with Crippen molar-refractivity contribution in [3.8, 4) is 11.5 Å². The number of nitrogens with two attached hydrogens (primary N) is 1. The molecule has 0 spiro atoms. The molecule has 4 heterocycles. The van der Waals surface area contributed by atoms with Gasteiger partial charge in [-0.3, -0.25) is 4.90 Å². The number of anilines is 3. The number of nitrogens with zero attached hydrogens (tertiary/aromatic N) is 5. The van der Waals surface area contributed by atoms with Gasteiger partial charge in [0.25, 0.3) is 0 Å². The molecular weight excluding hydrogens is 380 g/mol. The van der Waals surface area contributed by atoms with Gasteiger partial charge in [0.1, 0.15) is 12.0 Å². The fourth-order valence-electron chi connectivity index (χ4n) is 4.68. The van der Waals surface area contributed by atoms with Crippen LogP contribution in [0.15, 0.2) is 24.5 Å². The lowest BCUT2D eigenvalue weighted by molar-refractivity contribution is 0.174. The van der Waals surface area contributed by atoms with Crippen molar-refractivity contribution in [1.29, 1.82) is 0 Å². The van der Waals surface area contributed by atoms with Crippen molar-refractivity contribution in [2.24, 2.45) is 5.92 Å². The molecule has 8 nitrogen and oxygen atoms in total. The van der Waals surface area contributed by atoms with Crippen LogP contribution in [0, 0.1) is 5.92 Å². The van der Waals surface area contributed by atoms with Crippen LogP contribution in [0.5, 0.6) is 11.5 Å². The number of ether oxygens (including phenoxy) is 2. The summed E-state index contributed by atoms with van der Waals surface area (Å²) < 4.78 is 10.9. The molecule has 5 rings (SSSR count). The van der Waals surface area contributed by atoms with Crippen LogP contribution in [-0.2, 0) is 6.54 Å². The fraction of sp³-hybridized carbons (Fsp3) is 0.545. The van der Waals surface area contributed by atoms with Gasteiger partial charge in [-0.05, 0) is 36.5 Å². The molecule has 1 aromatic heterocycles. The average Bonchev–Trinajstić information content (AvgIpc) is 3.23. The quantitative estimate of drug-likeness (QED) is 0.823. The molecule has 0 saturated carbocycles. The van der Waals surface area contributed by atoms with Gasteiger partial charge in [-0.15, -0.1) is 0 Å². The van der Waals surface area contributed by atoms with Crippen LogP contribution in [0.3, 0.4) is 0 Å². The van der Waals surface area contributed by atoms with Gasteiger partial charge in [0.2, 0.25) is 6.79 Å². The van der Waals surface area contributed by atoms with E-state index in [0.717, 1.165) is 74.6 Å². The predicted molar refractivity (Wildman–Crippen MR) is 117 cm³/mol. The Balaban J connectivity index is 1.23. The van der Waals surface area contributed by atoms with Gasteiger partial charge in [-0.25, -0.2) is 9.97 Å². The van der Waals surface area contributed by atoms with E-state index < -0.39 is 0 Å². The molecule has 1 atom stereocenters. The van der Waals surface area contributed by atoms with Gasteiger partial charge < -0.3 is 25.0 Å². The van der Waals surface area contributed by atoms with Crippen LogP contribution < -0.4 is 25.0 Å². The molecule has 30 heavy (non-hydrogen) atoms. The summed E-state index contributed by atoms with van der Waals surface area (Å²) >= 11 is 0. The predicted octanol–water partition coefficient (Wildman–Crippen LogP) is 2.35. The first-order valence-electron chi connectivity index (χ1n) is 10.9. The second-order valence-electron chi connectivity index (χ2n) is 8.58. The zero-order valence-electron chi connectivity index (χ0n) is 17.6. The Labute approximate surface area is 177 Å². The third-order valence-corrected chi connectivity index (χ3v) is 6.31. The van der Waals surface area contributed by atoms with E-state index in [2.05, 4.69) is 43.7 Å². The minimum Gasteiger partial charge on any atom is -0.454 e. The molecule has 0 amide bonds. The molecule has 2 N–H and O–H groups in total. The smallest absolute Gasteiger partial charge is 0.231 e. The Hall–Kier alpha value is -2.74. The van der Waals surface area contributed by atoms with Crippen molar-refractivity contribution in [3.05, 3.63) is 30.1 Å². The number of aromatic nitrogens is 2. The van der Waals surface area contributed by atoms with Gasteiger partial charge in [-0.1, -0.05) is 13.0 Å². The number of hydrogen-bond acceptors (Lipinski definition) is 8.